The van der Waals surface area contributed by atoms with Crippen molar-refractivity contribution in [2.45, 2.75) is 18.6 Å². The molecule has 0 bridgehead atoms. The van der Waals surface area contributed by atoms with E-state index in [4.69, 9.17) is 4.74 Å². The van der Waals surface area contributed by atoms with Crippen molar-refractivity contribution in [3.05, 3.63) is 40.1 Å². The molecular weight excluding hydrogens is 380 g/mol. The van der Waals surface area contributed by atoms with E-state index in [-0.39, 0.29) is 17.0 Å². The number of hydrogen-bond acceptors (Lipinski definition) is 7. The fourth-order valence-corrected chi connectivity index (χ4v) is 3.73. The molecule has 28 heavy (non-hydrogen) atoms. The van der Waals surface area contributed by atoms with Gasteiger partial charge in [-0.2, -0.15) is 0 Å². The van der Waals surface area contributed by atoms with Gasteiger partial charge in [0.25, 0.3) is 11.5 Å². The van der Waals surface area contributed by atoms with Gasteiger partial charge < -0.3 is 19.2 Å². The van der Waals surface area contributed by atoms with Crippen LogP contribution in [0.25, 0.3) is 0 Å². The number of carbonyl (C=O) groups excluding carboxylic acids is 1. The van der Waals surface area contributed by atoms with Crippen LogP contribution in [0.2, 0.25) is 0 Å². The van der Waals surface area contributed by atoms with Gasteiger partial charge in [0.05, 0.1) is 13.2 Å². The van der Waals surface area contributed by atoms with Crippen LogP contribution in [0, 0.1) is 6.92 Å². The molecule has 152 valence electrons. The molecule has 0 radical (unpaired) electrons. The highest BCUT2D eigenvalue weighted by Crippen LogP contribution is 2.12. The van der Waals surface area contributed by atoms with Crippen LogP contribution in [-0.2, 0) is 18.3 Å². The Hall–Kier alpha value is -2.17. The molecule has 1 aliphatic rings. The third-order valence-corrected chi connectivity index (χ3v) is 5.69. The topological polar surface area (TPSA) is 94.3 Å². The molecule has 1 fully saturated rings. The Labute approximate surface area is 168 Å². The Bertz CT molecular complexity index is 859. The Balaban J connectivity index is 1.56. The molecule has 0 spiro atoms. The summed E-state index contributed by atoms with van der Waals surface area (Å²) in [6.45, 7) is 6.75. The van der Waals surface area contributed by atoms with E-state index in [1.807, 2.05) is 17.7 Å². The van der Waals surface area contributed by atoms with Crippen LogP contribution in [0.3, 0.4) is 0 Å². The first kappa shape index (κ1) is 20.6. The number of hydrogen-bond donors (Lipinski definition) is 1. The molecule has 1 N–H and O–H groups in total. The molecule has 0 unspecified atom stereocenters. The lowest BCUT2D eigenvalue weighted by atomic mass is 10.1. The number of amides is 1. The van der Waals surface area contributed by atoms with E-state index in [1.54, 1.807) is 24.0 Å². The van der Waals surface area contributed by atoms with Crippen LogP contribution in [0.4, 0.5) is 0 Å². The third kappa shape index (κ3) is 5.21. The van der Waals surface area contributed by atoms with Gasteiger partial charge in [0.15, 0.2) is 5.16 Å². The number of nitrogens with one attached hydrogen (secondary N) is 1. The summed E-state index contributed by atoms with van der Waals surface area (Å²) in [7, 11) is 1.87. The largest absolute Gasteiger partial charge is 0.379 e. The van der Waals surface area contributed by atoms with Crippen molar-refractivity contribution in [3.8, 4) is 0 Å². The van der Waals surface area contributed by atoms with E-state index in [1.165, 1.54) is 11.8 Å². The van der Waals surface area contributed by atoms with Crippen molar-refractivity contribution in [3.63, 3.8) is 0 Å². The van der Waals surface area contributed by atoms with Gasteiger partial charge in [-0.05, 0) is 18.6 Å². The van der Waals surface area contributed by atoms with Gasteiger partial charge in [0, 0.05) is 51.7 Å². The van der Waals surface area contributed by atoms with Gasteiger partial charge in [0.1, 0.15) is 11.9 Å². The molecule has 0 aliphatic carbocycles. The molecule has 2 aromatic rings. The average Bonchev–Trinajstić information content (AvgIpc) is 3.10. The van der Waals surface area contributed by atoms with E-state index in [0.29, 0.717) is 24.4 Å². The molecule has 3 rings (SSSR count). The standard InChI is InChI=1S/C18H26N6O3S/c1-14-3-5-24(7-6-23-8-10-27-11-9-23)17(26)15(14)16(25)19-4-12-28-18-21-20-13-22(18)2/h3,5,13H,4,6-12H2,1-2H3,(H,19,25). The van der Waals surface area contributed by atoms with Crippen LogP contribution in [0.5, 0.6) is 0 Å². The number of rotatable bonds is 8. The van der Waals surface area contributed by atoms with Crippen LogP contribution in [0.15, 0.2) is 28.5 Å². The number of thioether (sulfide) groups is 1. The molecular formula is C18H26N6O3S. The zero-order valence-corrected chi connectivity index (χ0v) is 17.1. The van der Waals surface area contributed by atoms with Crippen molar-refractivity contribution in [2.24, 2.45) is 7.05 Å². The van der Waals surface area contributed by atoms with Crippen molar-refractivity contribution in [2.75, 3.05) is 45.1 Å². The Morgan fingerprint density at radius 2 is 2.11 bits per heavy atom. The second kappa shape index (κ2) is 9.85. The van der Waals surface area contributed by atoms with E-state index in [2.05, 4.69) is 20.4 Å². The van der Waals surface area contributed by atoms with Gasteiger partial charge in [0.2, 0.25) is 0 Å². The Morgan fingerprint density at radius 3 is 2.82 bits per heavy atom. The minimum Gasteiger partial charge on any atom is -0.379 e. The molecule has 0 saturated carbocycles. The molecule has 10 heteroatoms. The van der Waals surface area contributed by atoms with Crippen molar-refractivity contribution >= 4 is 17.7 Å². The minimum absolute atomic E-state index is 0.216. The van der Waals surface area contributed by atoms with Crippen LogP contribution >= 0.6 is 11.8 Å². The highest BCUT2D eigenvalue weighted by molar-refractivity contribution is 7.99. The van der Waals surface area contributed by atoms with E-state index >= 15 is 0 Å². The zero-order chi connectivity index (χ0) is 19.9. The fourth-order valence-electron chi connectivity index (χ4n) is 2.99. The lowest BCUT2D eigenvalue weighted by molar-refractivity contribution is 0.0363. The number of aryl methyl sites for hydroxylation is 2. The number of nitrogens with zero attached hydrogens (tertiary/aromatic N) is 5. The molecule has 1 saturated heterocycles. The maximum absolute atomic E-state index is 12.8. The molecule has 3 heterocycles. The SMILES string of the molecule is Cc1ccn(CCN2CCOCC2)c(=O)c1C(=O)NCCSc1nncn1C. The first-order valence-corrected chi connectivity index (χ1v) is 10.3. The summed E-state index contributed by atoms with van der Waals surface area (Å²) in [5.41, 5.74) is 0.658. The second-order valence-corrected chi connectivity index (χ2v) is 7.72. The van der Waals surface area contributed by atoms with Gasteiger partial charge in [-0.1, -0.05) is 11.8 Å². The first-order valence-electron chi connectivity index (χ1n) is 9.31. The summed E-state index contributed by atoms with van der Waals surface area (Å²) in [6.07, 6.45) is 3.40. The second-order valence-electron chi connectivity index (χ2n) is 6.66. The van der Waals surface area contributed by atoms with E-state index in [0.717, 1.165) is 38.0 Å². The van der Waals surface area contributed by atoms with Gasteiger partial charge >= 0.3 is 0 Å². The van der Waals surface area contributed by atoms with Crippen molar-refractivity contribution < 1.29 is 9.53 Å². The Kier molecular flexibility index (Phi) is 7.24. The predicted octanol–water partition coefficient (Wildman–Crippen LogP) is 0.140. The summed E-state index contributed by atoms with van der Waals surface area (Å²) in [5, 5.41) is 11.4. The van der Waals surface area contributed by atoms with Crippen LogP contribution in [0.1, 0.15) is 15.9 Å². The minimum atomic E-state index is -0.332. The summed E-state index contributed by atoms with van der Waals surface area (Å²) in [4.78, 5) is 27.6. The molecule has 0 aromatic carbocycles. The lowest BCUT2D eigenvalue weighted by Crippen LogP contribution is -2.40. The zero-order valence-electron chi connectivity index (χ0n) is 16.3. The van der Waals surface area contributed by atoms with Gasteiger partial charge in [-0.15, -0.1) is 10.2 Å². The first-order chi connectivity index (χ1) is 13.6. The van der Waals surface area contributed by atoms with E-state index in [9.17, 15) is 9.59 Å². The quantitative estimate of drug-likeness (QED) is 0.492. The fraction of sp³-hybridized carbons (Fsp3) is 0.556. The van der Waals surface area contributed by atoms with Gasteiger partial charge in [-0.25, -0.2) is 0 Å². The molecule has 1 aliphatic heterocycles. The summed E-state index contributed by atoms with van der Waals surface area (Å²) in [5.74, 6) is 0.317. The summed E-state index contributed by atoms with van der Waals surface area (Å²) >= 11 is 1.50. The number of carbonyl (C=O) groups is 1. The number of ether oxygens (including phenoxy) is 1. The average molecular weight is 407 g/mol. The monoisotopic (exact) mass is 406 g/mol. The molecule has 1 amide bonds. The predicted molar refractivity (Wildman–Crippen MR) is 107 cm³/mol. The number of aromatic nitrogens is 4. The maximum Gasteiger partial charge on any atom is 0.263 e. The Morgan fingerprint density at radius 1 is 1.32 bits per heavy atom. The highest BCUT2D eigenvalue weighted by atomic mass is 32.2. The van der Waals surface area contributed by atoms with Crippen LogP contribution in [-0.4, -0.2) is 75.3 Å². The lowest BCUT2D eigenvalue weighted by Gasteiger charge is -2.26. The third-order valence-electron chi connectivity index (χ3n) is 4.65. The highest BCUT2D eigenvalue weighted by Gasteiger charge is 2.16. The van der Waals surface area contributed by atoms with E-state index < -0.39 is 0 Å². The summed E-state index contributed by atoms with van der Waals surface area (Å²) in [6, 6.07) is 1.82. The van der Waals surface area contributed by atoms with Crippen molar-refractivity contribution in [1.29, 1.82) is 0 Å². The maximum atomic E-state index is 12.8. The molecule has 9 nitrogen and oxygen atoms in total. The normalized spacial score (nSPS) is 14.9. The summed E-state index contributed by atoms with van der Waals surface area (Å²) < 4.78 is 8.78. The van der Waals surface area contributed by atoms with Crippen LogP contribution < -0.4 is 10.9 Å². The molecule has 2 aromatic heterocycles. The van der Waals surface area contributed by atoms with Crippen molar-refractivity contribution in [1.82, 2.24) is 29.5 Å². The molecule has 0 atom stereocenters. The number of pyridine rings is 1. The number of morpholine rings is 1. The van der Waals surface area contributed by atoms with Gasteiger partial charge in [-0.3, -0.25) is 14.5 Å². The smallest absolute Gasteiger partial charge is 0.263 e.